The molecule has 1 N–H and O–H groups in total. The van der Waals surface area contributed by atoms with Crippen LogP contribution in [0.1, 0.15) is 37.4 Å². The van der Waals surface area contributed by atoms with E-state index in [0.717, 1.165) is 16.7 Å². The minimum Gasteiger partial charge on any atom is -0.355 e. The molecule has 29 heavy (non-hydrogen) atoms. The quantitative estimate of drug-likeness (QED) is 0.722. The Morgan fingerprint density at radius 1 is 1.17 bits per heavy atom. The van der Waals surface area contributed by atoms with Crippen LogP contribution in [-0.2, 0) is 19.5 Å². The Balaban J connectivity index is 1.74. The number of pyridine rings is 1. The molecule has 0 saturated heterocycles. The summed E-state index contributed by atoms with van der Waals surface area (Å²) in [6.07, 6.45) is 2.28. The summed E-state index contributed by atoms with van der Waals surface area (Å²) in [6, 6.07) is 11.5. The molecule has 0 unspecified atom stereocenters. The van der Waals surface area contributed by atoms with E-state index in [9.17, 15) is 14.4 Å². The van der Waals surface area contributed by atoms with Gasteiger partial charge in [0.15, 0.2) is 0 Å². The number of nitrogens with zero attached hydrogens (tertiary/aromatic N) is 2. The molecular weight excluding hydrogens is 386 g/mol. The van der Waals surface area contributed by atoms with Crippen LogP contribution in [0.25, 0.3) is 0 Å². The van der Waals surface area contributed by atoms with E-state index in [2.05, 4.69) is 5.32 Å². The van der Waals surface area contributed by atoms with E-state index in [4.69, 9.17) is 0 Å². The van der Waals surface area contributed by atoms with Gasteiger partial charge >= 0.3 is 0 Å². The van der Waals surface area contributed by atoms with Crippen LogP contribution in [0.3, 0.4) is 0 Å². The third-order valence-corrected chi connectivity index (χ3v) is 5.86. The Labute approximate surface area is 172 Å². The van der Waals surface area contributed by atoms with E-state index in [-0.39, 0.29) is 22.9 Å². The number of rotatable bonds is 4. The molecule has 3 heterocycles. The summed E-state index contributed by atoms with van der Waals surface area (Å²) >= 11 is 1.49. The number of nitrogens with one attached hydrogen (secondary N) is 1. The van der Waals surface area contributed by atoms with E-state index >= 15 is 0 Å². The molecule has 0 fully saturated rings. The van der Waals surface area contributed by atoms with Gasteiger partial charge in [-0.25, -0.2) is 0 Å². The Morgan fingerprint density at radius 3 is 2.66 bits per heavy atom. The lowest BCUT2D eigenvalue weighted by Gasteiger charge is -2.30. The topological polar surface area (TPSA) is 71.4 Å². The van der Waals surface area contributed by atoms with E-state index in [0.29, 0.717) is 31.6 Å². The van der Waals surface area contributed by atoms with Gasteiger partial charge in [-0.15, -0.1) is 0 Å². The highest BCUT2D eigenvalue weighted by molar-refractivity contribution is 7.08. The molecular formula is C22H21N3O3S. The van der Waals surface area contributed by atoms with Crippen LogP contribution in [0.5, 0.6) is 0 Å². The summed E-state index contributed by atoms with van der Waals surface area (Å²) in [6.45, 7) is 1.23. The van der Waals surface area contributed by atoms with Crippen LogP contribution in [0.4, 0.5) is 0 Å². The van der Waals surface area contributed by atoms with E-state index in [1.165, 1.54) is 18.4 Å². The normalized spacial score (nSPS) is 13.1. The summed E-state index contributed by atoms with van der Waals surface area (Å²) in [4.78, 5) is 40.1. The van der Waals surface area contributed by atoms with Crippen molar-refractivity contribution in [3.63, 3.8) is 0 Å². The number of hydrogen-bond donors (Lipinski definition) is 1. The van der Waals surface area contributed by atoms with Gasteiger partial charge in [0.1, 0.15) is 5.56 Å². The molecule has 4 rings (SSSR count). The van der Waals surface area contributed by atoms with Gasteiger partial charge in [0, 0.05) is 31.7 Å². The monoisotopic (exact) mass is 407 g/mol. The van der Waals surface area contributed by atoms with Gasteiger partial charge in [-0.3, -0.25) is 14.4 Å². The number of thiophene rings is 1. The zero-order chi connectivity index (χ0) is 20.4. The van der Waals surface area contributed by atoms with E-state index in [1.54, 1.807) is 15.7 Å². The summed E-state index contributed by atoms with van der Waals surface area (Å²) in [7, 11) is 1.53. The van der Waals surface area contributed by atoms with Gasteiger partial charge in [-0.05, 0) is 34.6 Å². The van der Waals surface area contributed by atoms with Gasteiger partial charge in [-0.2, -0.15) is 11.3 Å². The molecule has 0 bridgehead atoms. The lowest BCUT2D eigenvalue weighted by Crippen LogP contribution is -2.41. The SMILES string of the molecule is CNC(=O)c1c2c(cn(Cc3ccccc3)c1=O)CN(C(=O)c1ccsc1)CC2. The standard InChI is InChI=1S/C22H21N3O3S/c1-23-20(26)19-18-7-9-24(21(27)16-8-10-29-14-16)12-17(18)13-25(22(19)28)11-15-5-3-2-4-6-15/h2-6,8,10,13-14H,7,9,11-12H2,1H3,(H,23,26). The third-order valence-electron chi connectivity index (χ3n) is 5.17. The minimum atomic E-state index is -0.383. The van der Waals surface area contributed by atoms with Crippen LogP contribution in [0.15, 0.2) is 58.1 Å². The second-order valence-corrected chi connectivity index (χ2v) is 7.77. The van der Waals surface area contributed by atoms with Crippen molar-refractivity contribution in [1.82, 2.24) is 14.8 Å². The van der Waals surface area contributed by atoms with Crippen LogP contribution < -0.4 is 10.9 Å². The highest BCUT2D eigenvalue weighted by Crippen LogP contribution is 2.23. The van der Waals surface area contributed by atoms with Gasteiger partial charge in [0.25, 0.3) is 17.4 Å². The van der Waals surface area contributed by atoms with E-state index in [1.807, 2.05) is 47.2 Å². The van der Waals surface area contributed by atoms with Crippen LogP contribution >= 0.6 is 11.3 Å². The van der Waals surface area contributed by atoms with Crippen molar-refractivity contribution >= 4 is 23.2 Å². The molecule has 7 heteroatoms. The predicted octanol–water partition coefficient (Wildman–Crippen LogP) is 2.52. The lowest BCUT2D eigenvalue weighted by molar-refractivity contribution is 0.0734. The first-order chi connectivity index (χ1) is 14.1. The number of fused-ring (bicyclic) bond motifs is 1. The summed E-state index contributed by atoms with van der Waals surface area (Å²) < 4.78 is 1.57. The highest BCUT2D eigenvalue weighted by atomic mass is 32.1. The van der Waals surface area contributed by atoms with Gasteiger partial charge < -0.3 is 14.8 Å². The van der Waals surface area contributed by atoms with Crippen LogP contribution in [0, 0.1) is 0 Å². The van der Waals surface area contributed by atoms with Crippen molar-refractivity contribution in [3.8, 4) is 0 Å². The maximum atomic E-state index is 13.1. The Hall–Kier alpha value is -3.19. The largest absolute Gasteiger partial charge is 0.355 e. The molecule has 148 valence electrons. The number of carbonyl (C=O) groups is 2. The van der Waals surface area contributed by atoms with E-state index < -0.39 is 0 Å². The molecule has 1 aromatic carbocycles. The third kappa shape index (κ3) is 3.73. The second kappa shape index (κ2) is 8.05. The maximum Gasteiger partial charge on any atom is 0.264 e. The van der Waals surface area contributed by atoms with Crippen molar-refractivity contribution in [3.05, 3.63) is 91.5 Å². The number of amides is 2. The Kier molecular flexibility index (Phi) is 5.31. The van der Waals surface area contributed by atoms with Crippen molar-refractivity contribution < 1.29 is 9.59 Å². The van der Waals surface area contributed by atoms with Gasteiger partial charge in [-0.1, -0.05) is 30.3 Å². The maximum absolute atomic E-state index is 13.1. The zero-order valence-electron chi connectivity index (χ0n) is 16.1. The van der Waals surface area contributed by atoms with Gasteiger partial charge in [0.05, 0.1) is 12.1 Å². The van der Waals surface area contributed by atoms with Crippen molar-refractivity contribution in [1.29, 1.82) is 0 Å². The summed E-state index contributed by atoms with van der Waals surface area (Å²) in [5.41, 5.74) is 3.11. The fourth-order valence-corrected chi connectivity index (χ4v) is 4.34. The molecule has 1 aliphatic heterocycles. The summed E-state index contributed by atoms with van der Waals surface area (Å²) in [5, 5.41) is 6.31. The lowest BCUT2D eigenvalue weighted by atomic mass is 9.95. The van der Waals surface area contributed by atoms with Crippen LogP contribution in [-0.4, -0.2) is 34.9 Å². The number of benzene rings is 1. The second-order valence-electron chi connectivity index (χ2n) is 6.99. The van der Waals surface area contributed by atoms with Crippen molar-refractivity contribution in [2.75, 3.05) is 13.6 Å². The summed E-state index contributed by atoms with van der Waals surface area (Å²) in [5.74, 6) is -0.412. The first kappa shape index (κ1) is 19.1. The average molecular weight is 407 g/mol. The number of hydrogen-bond acceptors (Lipinski definition) is 4. The molecule has 0 aliphatic carbocycles. The van der Waals surface area contributed by atoms with Crippen molar-refractivity contribution in [2.24, 2.45) is 0 Å². The Bertz CT molecular complexity index is 1100. The van der Waals surface area contributed by atoms with Crippen LogP contribution in [0.2, 0.25) is 0 Å². The van der Waals surface area contributed by atoms with Gasteiger partial charge in [0.2, 0.25) is 0 Å². The predicted molar refractivity (Wildman–Crippen MR) is 112 cm³/mol. The minimum absolute atomic E-state index is 0.0285. The number of aromatic nitrogens is 1. The average Bonchev–Trinajstić information content (AvgIpc) is 3.29. The molecule has 0 atom stereocenters. The molecule has 1 aliphatic rings. The number of carbonyl (C=O) groups excluding carboxylic acids is 2. The smallest absolute Gasteiger partial charge is 0.264 e. The molecule has 3 aromatic rings. The first-order valence-electron chi connectivity index (χ1n) is 9.41. The molecule has 0 spiro atoms. The van der Waals surface area contributed by atoms with Crippen molar-refractivity contribution in [2.45, 2.75) is 19.5 Å². The Morgan fingerprint density at radius 2 is 1.97 bits per heavy atom. The first-order valence-corrected chi connectivity index (χ1v) is 10.4. The highest BCUT2D eigenvalue weighted by Gasteiger charge is 2.28. The molecule has 0 saturated carbocycles. The molecule has 2 aromatic heterocycles. The zero-order valence-corrected chi connectivity index (χ0v) is 16.9. The fraction of sp³-hybridized carbons (Fsp3) is 0.227. The fourth-order valence-electron chi connectivity index (χ4n) is 3.71. The molecule has 2 amide bonds. The molecule has 6 nitrogen and oxygen atoms in total. The molecule has 0 radical (unpaired) electrons.